The predicted molar refractivity (Wildman–Crippen MR) is 61.3 cm³/mol. The van der Waals surface area contributed by atoms with Crippen LogP contribution in [0, 0.1) is 5.92 Å². The molecule has 1 rings (SSSR count). The second-order valence-electron chi connectivity index (χ2n) is 3.93. The molecular weight excluding hydrogens is 244 g/mol. The average molecular weight is 259 g/mol. The van der Waals surface area contributed by atoms with Gasteiger partial charge in [-0.3, -0.25) is 4.79 Å². The highest BCUT2D eigenvalue weighted by Gasteiger charge is 2.23. The third-order valence-electron chi connectivity index (χ3n) is 2.76. The normalized spacial score (nSPS) is 14.3. The van der Waals surface area contributed by atoms with Crippen molar-refractivity contribution < 1.29 is 23.4 Å². The molecule has 0 aliphatic rings. The van der Waals surface area contributed by atoms with Crippen LogP contribution in [0.15, 0.2) is 24.3 Å². The molecule has 0 heterocycles. The van der Waals surface area contributed by atoms with E-state index in [4.69, 9.17) is 5.73 Å². The first kappa shape index (κ1) is 14.4. The van der Waals surface area contributed by atoms with Crippen LogP contribution in [0.5, 0.6) is 5.75 Å². The molecule has 4 nitrogen and oxygen atoms in total. The third-order valence-corrected chi connectivity index (χ3v) is 2.76. The van der Waals surface area contributed by atoms with Crippen LogP contribution in [0.25, 0.3) is 0 Å². The van der Waals surface area contributed by atoms with Crippen LogP contribution >= 0.6 is 0 Å². The summed E-state index contributed by atoms with van der Waals surface area (Å²) in [5.74, 6) is -1.72. The van der Waals surface area contributed by atoms with Gasteiger partial charge in [-0.1, -0.05) is 19.1 Å². The monoisotopic (exact) mass is 259 g/mol. The molecule has 6 heteroatoms. The van der Waals surface area contributed by atoms with Crippen LogP contribution in [0.3, 0.4) is 0 Å². The number of benzene rings is 1. The lowest BCUT2D eigenvalue weighted by molar-refractivity contribution is -0.122. The molecule has 1 aromatic carbocycles. The second kappa shape index (κ2) is 6.30. The van der Waals surface area contributed by atoms with E-state index >= 15 is 0 Å². The first-order valence-corrected chi connectivity index (χ1v) is 5.40. The van der Waals surface area contributed by atoms with E-state index < -0.39 is 24.4 Å². The number of aliphatic hydroxyl groups excluding tert-OH is 1. The Morgan fingerprint density at radius 3 is 2.67 bits per heavy atom. The lowest BCUT2D eigenvalue weighted by Gasteiger charge is -2.20. The zero-order chi connectivity index (χ0) is 13.7. The molecule has 0 bridgehead atoms. The van der Waals surface area contributed by atoms with Gasteiger partial charge in [-0.05, 0) is 17.7 Å². The summed E-state index contributed by atoms with van der Waals surface area (Å²) in [5.41, 5.74) is 5.70. The SMILES string of the molecule is CC(C(N)=O)[C@H](CO)c1cccc(OC(F)F)c1. The van der Waals surface area contributed by atoms with Crippen molar-refractivity contribution in [2.45, 2.75) is 19.5 Å². The molecule has 100 valence electrons. The maximum absolute atomic E-state index is 12.1. The van der Waals surface area contributed by atoms with E-state index in [2.05, 4.69) is 4.74 Å². The fourth-order valence-corrected chi connectivity index (χ4v) is 1.67. The molecule has 0 spiro atoms. The minimum absolute atomic E-state index is 0.0161. The molecule has 3 N–H and O–H groups in total. The van der Waals surface area contributed by atoms with Gasteiger partial charge >= 0.3 is 6.61 Å². The summed E-state index contributed by atoms with van der Waals surface area (Å²) in [6, 6.07) is 5.88. The van der Waals surface area contributed by atoms with E-state index in [1.54, 1.807) is 13.0 Å². The van der Waals surface area contributed by atoms with Gasteiger partial charge in [-0.25, -0.2) is 0 Å². The molecule has 0 saturated heterocycles. The highest BCUT2D eigenvalue weighted by molar-refractivity contribution is 5.77. The Balaban J connectivity index is 2.96. The summed E-state index contributed by atoms with van der Waals surface area (Å²) in [4.78, 5) is 11.1. The van der Waals surface area contributed by atoms with Gasteiger partial charge in [-0.15, -0.1) is 0 Å². The second-order valence-corrected chi connectivity index (χ2v) is 3.93. The van der Waals surface area contributed by atoms with Gasteiger partial charge in [0.25, 0.3) is 0 Å². The smallest absolute Gasteiger partial charge is 0.387 e. The zero-order valence-corrected chi connectivity index (χ0v) is 9.85. The van der Waals surface area contributed by atoms with Crippen LogP contribution in [0.4, 0.5) is 8.78 Å². The molecule has 0 fully saturated rings. The summed E-state index contributed by atoms with van der Waals surface area (Å²) in [6.45, 7) is -1.65. The van der Waals surface area contributed by atoms with Crippen molar-refractivity contribution in [1.82, 2.24) is 0 Å². The number of aliphatic hydroxyl groups is 1. The number of nitrogens with two attached hydrogens (primary N) is 1. The quantitative estimate of drug-likeness (QED) is 0.812. The molecular formula is C12H15F2NO3. The molecule has 0 aliphatic heterocycles. The Hall–Kier alpha value is -1.69. The minimum atomic E-state index is -2.92. The van der Waals surface area contributed by atoms with Crippen molar-refractivity contribution >= 4 is 5.91 Å². The summed E-state index contributed by atoms with van der Waals surface area (Å²) in [7, 11) is 0. The lowest BCUT2D eigenvalue weighted by Crippen LogP contribution is -2.28. The largest absolute Gasteiger partial charge is 0.435 e. The molecule has 1 unspecified atom stereocenters. The lowest BCUT2D eigenvalue weighted by atomic mass is 9.87. The van der Waals surface area contributed by atoms with Gasteiger partial charge in [0.15, 0.2) is 0 Å². The van der Waals surface area contributed by atoms with Crippen molar-refractivity contribution in [3.63, 3.8) is 0 Å². The van der Waals surface area contributed by atoms with E-state index in [-0.39, 0.29) is 12.4 Å². The maximum atomic E-state index is 12.1. The Labute approximate surface area is 103 Å². The minimum Gasteiger partial charge on any atom is -0.435 e. The Bertz CT molecular complexity index is 412. The van der Waals surface area contributed by atoms with Gasteiger partial charge < -0.3 is 15.6 Å². The molecule has 0 aliphatic carbocycles. The fraction of sp³-hybridized carbons (Fsp3) is 0.417. The number of rotatable bonds is 6. The number of halogens is 2. The van der Waals surface area contributed by atoms with Crippen molar-refractivity contribution in [3.8, 4) is 5.75 Å². The van der Waals surface area contributed by atoms with Crippen molar-refractivity contribution in [1.29, 1.82) is 0 Å². The van der Waals surface area contributed by atoms with Crippen LogP contribution in [-0.2, 0) is 4.79 Å². The zero-order valence-electron chi connectivity index (χ0n) is 9.85. The van der Waals surface area contributed by atoms with Crippen LogP contribution in [-0.4, -0.2) is 24.2 Å². The van der Waals surface area contributed by atoms with Crippen LogP contribution in [0.1, 0.15) is 18.4 Å². The van der Waals surface area contributed by atoms with Gasteiger partial charge in [0.1, 0.15) is 5.75 Å². The number of hydrogen-bond acceptors (Lipinski definition) is 3. The van der Waals surface area contributed by atoms with E-state index in [1.165, 1.54) is 18.2 Å². The Morgan fingerprint density at radius 2 is 2.17 bits per heavy atom. The van der Waals surface area contributed by atoms with Crippen molar-refractivity contribution in [2.75, 3.05) is 6.61 Å². The molecule has 0 aromatic heterocycles. The average Bonchev–Trinajstić information content (AvgIpc) is 2.29. The Kier molecular flexibility index (Phi) is 5.03. The first-order valence-electron chi connectivity index (χ1n) is 5.40. The first-order chi connectivity index (χ1) is 8.45. The summed E-state index contributed by atoms with van der Waals surface area (Å²) < 4.78 is 28.4. The highest BCUT2D eigenvalue weighted by atomic mass is 19.3. The summed E-state index contributed by atoms with van der Waals surface area (Å²) in [6.07, 6.45) is 0. The Morgan fingerprint density at radius 1 is 1.50 bits per heavy atom. The summed E-state index contributed by atoms with van der Waals surface area (Å²) >= 11 is 0. The third kappa shape index (κ3) is 3.66. The number of primary amides is 1. The van der Waals surface area contributed by atoms with Crippen molar-refractivity contribution in [3.05, 3.63) is 29.8 Å². The topological polar surface area (TPSA) is 72.6 Å². The molecule has 1 amide bonds. The predicted octanol–water partition coefficient (Wildman–Crippen LogP) is 1.49. The number of carbonyl (C=O) groups is 1. The maximum Gasteiger partial charge on any atom is 0.387 e. The number of hydrogen-bond donors (Lipinski definition) is 2. The van der Waals surface area contributed by atoms with E-state index in [0.29, 0.717) is 5.56 Å². The van der Waals surface area contributed by atoms with E-state index in [1.807, 2.05) is 0 Å². The van der Waals surface area contributed by atoms with Gasteiger partial charge in [0.2, 0.25) is 5.91 Å². The molecule has 2 atom stereocenters. The fourth-order valence-electron chi connectivity index (χ4n) is 1.67. The van der Waals surface area contributed by atoms with E-state index in [9.17, 15) is 18.7 Å². The van der Waals surface area contributed by atoms with Crippen LogP contribution in [0.2, 0.25) is 0 Å². The molecule has 1 aromatic rings. The summed E-state index contributed by atoms with van der Waals surface area (Å²) in [5, 5.41) is 9.27. The number of ether oxygens (including phenoxy) is 1. The van der Waals surface area contributed by atoms with Gasteiger partial charge in [-0.2, -0.15) is 8.78 Å². The van der Waals surface area contributed by atoms with E-state index in [0.717, 1.165) is 0 Å². The number of amides is 1. The van der Waals surface area contributed by atoms with Crippen molar-refractivity contribution in [2.24, 2.45) is 11.7 Å². The van der Waals surface area contributed by atoms with Gasteiger partial charge in [0, 0.05) is 11.8 Å². The molecule has 0 radical (unpaired) electrons. The molecule has 0 saturated carbocycles. The number of carbonyl (C=O) groups excluding carboxylic acids is 1. The highest BCUT2D eigenvalue weighted by Crippen LogP contribution is 2.27. The standard InChI is InChI=1S/C12H15F2NO3/c1-7(11(15)17)10(6-16)8-3-2-4-9(5-8)18-12(13)14/h2-5,7,10,12,16H,6H2,1H3,(H2,15,17)/t7?,10-/m0/s1. The molecule has 18 heavy (non-hydrogen) atoms. The number of alkyl halides is 2. The van der Waals surface area contributed by atoms with Gasteiger partial charge in [0.05, 0.1) is 6.61 Å². The van der Waals surface area contributed by atoms with Crippen LogP contribution < -0.4 is 10.5 Å².